The molecule has 1 saturated carbocycles. The maximum atomic E-state index is 14.6. The Morgan fingerprint density at radius 1 is 1.06 bits per heavy atom. The number of carbonyl (C=O) groups is 1. The van der Waals surface area contributed by atoms with Crippen LogP contribution in [-0.2, 0) is 4.74 Å². The van der Waals surface area contributed by atoms with Crippen LogP contribution >= 0.6 is 0 Å². The number of anilines is 1. The number of carbonyl (C=O) groups excluding carboxylic acids is 1. The van der Waals surface area contributed by atoms with Gasteiger partial charge in [0.25, 0.3) is 5.91 Å². The quantitative estimate of drug-likeness (QED) is 0.688. The zero-order valence-corrected chi connectivity index (χ0v) is 17.0. The summed E-state index contributed by atoms with van der Waals surface area (Å²) in [5.41, 5.74) is 2.09. The molecule has 1 amide bonds. The molecule has 1 saturated heterocycles. The molecule has 2 aromatic carbocycles. The second kappa shape index (κ2) is 8.43. The summed E-state index contributed by atoms with van der Waals surface area (Å²) < 4.78 is 20.0. The molecule has 2 fully saturated rings. The number of aromatic nitrogens is 2. The molecule has 2 heterocycles. The predicted molar refractivity (Wildman–Crippen MR) is 116 cm³/mol. The molecule has 3 aromatic rings. The number of nitrogens with one attached hydrogen (secondary N) is 1. The molecule has 2 aliphatic rings. The summed E-state index contributed by atoms with van der Waals surface area (Å²) in [6.07, 6.45) is 2.40. The van der Waals surface area contributed by atoms with Crippen LogP contribution in [0, 0.1) is 5.82 Å². The Morgan fingerprint density at radius 3 is 2.58 bits per heavy atom. The van der Waals surface area contributed by atoms with E-state index in [2.05, 4.69) is 27.4 Å². The Bertz CT molecular complexity index is 1090. The van der Waals surface area contributed by atoms with Crippen molar-refractivity contribution in [2.75, 3.05) is 31.2 Å². The summed E-state index contributed by atoms with van der Waals surface area (Å²) in [7, 11) is 0. The minimum absolute atomic E-state index is 0.0577. The van der Waals surface area contributed by atoms with Crippen molar-refractivity contribution in [2.45, 2.75) is 18.4 Å². The number of hydrogen-bond donors (Lipinski definition) is 1. The fraction of sp³-hybridized carbons (Fsp3) is 0.292. The van der Waals surface area contributed by atoms with Crippen LogP contribution < -0.4 is 10.2 Å². The van der Waals surface area contributed by atoms with Crippen LogP contribution in [0.1, 0.15) is 28.3 Å². The van der Waals surface area contributed by atoms with Gasteiger partial charge in [-0.2, -0.15) is 0 Å². The number of halogens is 1. The minimum Gasteiger partial charge on any atom is -0.378 e. The van der Waals surface area contributed by atoms with Crippen molar-refractivity contribution in [1.29, 1.82) is 0 Å². The molecule has 0 radical (unpaired) electrons. The summed E-state index contributed by atoms with van der Waals surface area (Å²) in [5.74, 6) is 0.0780. The van der Waals surface area contributed by atoms with Gasteiger partial charge in [0.05, 0.1) is 24.5 Å². The monoisotopic (exact) mass is 418 g/mol. The molecule has 31 heavy (non-hydrogen) atoms. The normalized spacial score (nSPS) is 20.4. The van der Waals surface area contributed by atoms with Crippen LogP contribution in [0.25, 0.3) is 11.3 Å². The van der Waals surface area contributed by atoms with Gasteiger partial charge in [0.1, 0.15) is 5.82 Å². The van der Waals surface area contributed by atoms with Gasteiger partial charge in [-0.3, -0.25) is 4.79 Å². The van der Waals surface area contributed by atoms with Crippen molar-refractivity contribution in [3.8, 4) is 11.3 Å². The molecule has 1 aliphatic carbocycles. The lowest BCUT2D eigenvalue weighted by molar-refractivity contribution is 0.0950. The van der Waals surface area contributed by atoms with Crippen LogP contribution in [-0.4, -0.2) is 48.2 Å². The Balaban J connectivity index is 1.43. The van der Waals surface area contributed by atoms with Crippen molar-refractivity contribution < 1.29 is 13.9 Å². The van der Waals surface area contributed by atoms with Crippen LogP contribution in [0.15, 0.2) is 60.8 Å². The van der Waals surface area contributed by atoms with Gasteiger partial charge in [-0.15, -0.1) is 0 Å². The number of morpholine rings is 1. The SMILES string of the molecule is O=C(NC1CC1c1ccccc1)c1cnc(N2CCOCC2)nc1-c1ccccc1F. The van der Waals surface area contributed by atoms with Crippen LogP contribution in [0.3, 0.4) is 0 Å². The highest BCUT2D eigenvalue weighted by Gasteiger charge is 2.40. The first-order valence-electron chi connectivity index (χ1n) is 10.5. The van der Waals surface area contributed by atoms with Gasteiger partial charge in [0.15, 0.2) is 0 Å². The standard InChI is InChI=1S/C24H23FN4O2/c25-20-9-5-4-8-17(20)22-19(15-26-24(28-22)29-10-12-31-13-11-29)23(30)27-21-14-18(21)16-6-2-1-3-7-16/h1-9,15,18,21H,10-14H2,(H,27,30). The fourth-order valence-electron chi connectivity index (χ4n) is 3.98. The van der Waals surface area contributed by atoms with E-state index in [0.29, 0.717) is 49.4 Å². The number of nitrogens with zero attached hydrogens (tertiary/aromatic N) is 3. The number of benzene rings is 2. The Kier molecular flexibility index (Phi) is 5.34. The number of ether oxygens (including phenoxy) is 1. The first-order valence-corrected chi connectivity index (χ1v) is 10.5. The first kappa shape index (κ1) is 19.6. The third-order valence-electron chi connectivity index (χ3n) is 5.78. The van der Waals surface area contributed by atoms with Crippen molar-refractivity contribution >= 4 is 11.9 Å². The molecule has 6 nitrogen and oxygen atoms in total. The largest absolute Gasteiger partial charge is 0.378 e. The average molecular weight is 418 g/mol. The minimum atomic E-state index is -0.420. The summed E-state index contributed by atoms with van der Waals surface area (Å²) in [5, 5.41) is 3.07. The summed E-state index contributed by atoms with van der Waals surface area (Å²) in [6.45, 7) is 2.48. The highest BCUT2D eigenvalue weighted by Crippen LogP contribution is 2.41. The lowest BCUT2D eigenvalue weighted by atomic mass is 10.1. The number of hydrogen-bond acceptors (Lipinski definition) is 5. The Labute approximate surface area is 180 Å². The van der Waals surface area contributed by atoms with Gasteiger partial charge in [-0.25, -0.2) is 14.4 Å². The van der Waals surface area contributed by atoms with Crippen molar-refractivity contribution in [1.82, 2.24) is 15.3 Å². The average Bonchev–Trinajstić information content (AvgIpc) is 3.59. The topological polar surface area (TPSA) is 67.4 Å². The first-order chi connectivity index (χ1) is 15.2. The number of rotatable bonds is 5. The van der Waals surface area contributed by atoms with E-state index in [4.69, 9.17) is 4.74 Å². The zero-order chi connectivity index (χ0) is 21.2. The second-order valence-corrected chi connectivity index (χ2v) is 7.84. The van der Waals surface area contributed by atoms with E-state index in [0.717, 1.165) is 6.42 Å². The van der Waals surface area contributed by atoms with E-state index in [1.807, 2.05) is 23.1 Å². The van der Waals surface area contributed by atoms with E-state index in [1.54, 1.807) is 18.2 Å². The van der Waals surface area contributed by atoms with Gasteiger partial charge in [0.2, 0.25) is 5.95 Å². The van der Waals surface area contributed by atoms with Gasteiger partial charge in [0, 0.05) is 36.8 Å². The maximum absolute atomic E-state index is 14.6. The van der Waals surface area contributed by atoms with Crippen molar-refractivity contribution in [3.05, 3.63) is 77.7 Å². The maximum Gasteiger partial charge on any atom is 0.255 e. The summed E-state index contributed by atoms with van der Waals surface area (Å²) >= 11 is 0. The van der Waals surface area contributed by atoms with Crippen LogP contribution in [0.5, 0.6) is 0 Å². The molecule has 5 rings (SSSR count). The second-order valence-electron chi connectivity index (χ2n) is 7.84. The van der Waals surface area contributed by atoms with Crippen molar-refractivity contribution in [3.63, 3.8) is 0 Å². The van der Waals surface area contributed by atoms with Gasteiger partial charge < -0.3 is 15.0 Å². The van der Waals surface area contributed by atoms with Crippen molar-refractivity contribution in [2.24, 2.45) is 0 Å². The highest BCUT2D eigenvalue weighted by atomic mass is 19.1. The molecular weight excluding hydrogens is 395 g/mol. The smallest absolute Gasteiger partial charge is 0.255 e. The lowest BCUT2D eigenvalue weighted by Gasteiger charge is -2.27. The molecule has 0 bridgehead atoms. The molecule has 0 spiro atoms. The van der Waals surface area contributed by atoms with E-state index in [1.165, 1.54) is 17.8 Å². The molecule has 7 heteroatoms. The zero-order valence-electron chi connectivity index (χ0n) is 17.0. The molecule has 1 N–H and O–H groups in total. The molecule has 1 aliphatic heterocycles. The van der Waals surface area contributed by atoms with Crippen LogP contribution in [0.2, 0.25) is 0 Å². The third kappa shape index (κ3) is 4.14. The molecular formula is C24H23FN4O2. The Morgan fingerprint density at radius 2 is 1.81 bits per heavy atom. The number of amides is 1. The van der Waals surface area contributed by atoms with E-state index < -0.39 is 5.82 Å². The molecule has 158 valence electrons. The Hall–Kier alpha value is -3.32. The van der Waals surface area contributed by atoms with Gasteiger partial charge in [-0.1, -0.05) is 42.5 Å². The molecule has 2 unspecified atom stereocenters. The third-order valence-corrected chi connectivity index (χ3v) is 5.78. The van der Waals surface area contributed by atoms with E-state index >= 15 is 0 Å². The van der Waals surface area contributed by atoms with Crippen LogP contribution in [0.4, 0.5) is 10.3 Å². The fourth-order valence-corrected chi connectivity index (χ4v) is 3.98. The lowest BCUT2D eigenvalue weighted by Crippen LogP contribution is -2.37. The van der Waals surface area contributed by atoms with Gasteiger partial charge >= 0.3 is 0 Å². The summed E-state index contributed by atoms with van der Waals surface area (Å²) in [6, 6.07) is 16.6. The highest BCUT2D eigenvalue weighted by molar-refractivity contribution is 6.00. The van der Waals surface area contributed by atoms with Gasteiger partial charge in [-0.05, 0) is 24.1 Å². The predicted octanol–water partition coefficient (Wildman–Crippen LogP) is 3.41. The van der Waals surface area contributed by atoms with E-state index in [9.17, 15) is 9.18 Å². The van der Waals surface area contributed by atoms with E-state index in [-0.39, 0.29) is 17.5 Å². The summed E-state index contributed by atoms with van der Waals surface area (Å²) in [4.78, 5) is 24.1. The molecule has 2 atom stereocenters. The molecule has 1 aromatic heterocycles.